The molecule has 1 aliphatic rings. The fourth-order valence-corrected chi connectivity index (χ4v) is 4.55. The zero-order valence-electron chi connectivity index (χ0n) is 22.7. The fourth-order valence-electron chi connectivity index (χ4n) is 4.55. The Morgan fingerprint density at radius 1 is 0.976 bits per heavy atom. The Hall–Kier alpha value is -5.06. The summed E-state index contributed by atoms with van der Waals surface area (Å²) in [6.07, 6.45) is 3.52. The number of pyridine rings is 1. The van der Waals surface area contributed by atoms with Crippen LogP contribution in [0.1, 0.15) is 45.9 Å². The van der Waals surface area contributed by atoms with Gasteiger partial charge in [0.1, 0.15) is 18.2 Å². The number of nitrogens with one attached hydrogen (secondary N) is 2. The number of carbonyl (C=O) groups is 3. The van der Waals surface area contributed by atoms with Gasteiger partial charge in [-0.15, -0.1) is 0 Å². The molecule has 0 saturated carbocycles. The Morgan fingerprint density at radius 2 is 1.76 bits per heavy atom. The van der Waals surface area contributed by atoms with Gasteiger partial charge in [-0.1, -0.05) is 36.4 Å². The first kappa shape index (κ1) is 27.5. The largest absolute Gasteiger partial charge is 0.492 e. The van der Waals surface area contributed by atoms with Gasteiger partial charge in [0.25, 0.3) is 11.8 Å². The topological polar surface area (TPSA) is 131 Å². The predicted molar refractivity (Wildman–Crippen MR) is 151 cm³/mol. The summed E-state index contributed by atoms with van der Waals surface area (Å²) in [6.45, 7) is 2.89. The van der Waals surface area contributed by atoms with E-state index >= 15 is 0 Å². The van der Waals surface area contributed by atoms with Crippen LogP contribution in [0.25, 0.3) is 11.4 Å². The zero-order chi connectivity index (χ0) is 28.6. The van der Waals surface area contributed by atoms with Gasteiger partial charge in [0.05, 0.1) is 19.1 Å². The zero-order valence-corrected chi connectivity index (χ0v) is 22.7. The van der Waals surface area contributed by atoms with Gasteiger partial charge in [0.15, 0.2) is 5.82 Å². The quantitative estimate of drug-likeness (QED) is 0.390. The van der Waals surface area contributed by atoms with Crippen LogP contribution in [-0.2, 0) is 11.3 Å². The van der Waals surface area contributed by atoms with Gasteiger partial charge in [-0.05, 0) is 43.7 Å². The van der Waals surface area contributed by atoms with Crippen molar-refractivity contribution >= 4 is 17.7 Å². The van der Waals surface area contributed by atoms with Crippen molar-refractivity contribution in [2.45, 2.75) is 25.9 Å². The Bertz CT molecular complexity index is 1510. The second-order valence-electron chi connectivity index (χ2n) is 9.62. The van der Waals surface area contributed by atoms with Gasteiger partial charge in [-0.3, -0.25) is 19.4 Å². The maximum Gasteiger partial charge on any atom is 0.254 e. The molecule has 2 aromatic carbocycles. The summed E-state index contributed by atoms with van der Waals surface area (Å²) in [4.78, 5) is 49.4. The number of hydrogen-bond acceptors (Lipinski definition) is 7. The molecule has 0 saturated heterocycles. The van der Waals surface area contributed by atoms with Crippen molar-refractivity contribution in [3.63, 3.8) is 0 Å². The number of carbonyl (C=O) groups excluding carboxylic acids is 3. The van der Waals surface area contributed by atoms with Crippen molar-refractivity contribution in [3.8, 4) is 17.1 Å². The molecule has 11 nitrogen and oxygen atoms in total. The van der Waals surface area contributed by atoms with Crippen molar-refractivity contribution in [1.82, 2.24) is 35.3 Å². The molecule has 1 aliphatic heterocycles. The predicted octanol–water partition coefficient (Wildman–Crippen LogP) is 2.87. The van der Waals surface area contributed by atoms with Crippen LogP contribution in [0.5, 0.6) is 5.75 Å². The Kier molecular flexibility index (Phi) is 8.63. The summed E-state index contributed by atoms with van der Waals surface area (Å²) >= 11 is 0. The van der Waals surface area contributed by atoms with E-state index in [1.165, 1.54) is 17.3 Å². The summed E-state index contributed by atoms with van der Waals surface area (Å²) < 4.78 is 7.66. The van der Waals surface area contributed by atoms with Gasteiger partial charge < -0.3 is 20.3 Å². The van der Waals surface area contributed by atoms with Gasteiger partial charge in [-0.25, -0.2) is 9.67 Å². The smallest absolute Gasteiger partial charge is 0.254 e. The third-order valence-electron chi connectivity index (χ3n) is 6.60. The highest BCUT2D eigenvalue weighted by Crippen LogP contribution is 2.20. The molecule has 5 rings (SSSR count). The molecule has 2 bridgehead atoms. The van der Waals surface area contributed by atoms with Crippen LogP contribution in [0.4, 0.5) is 0 Å². The highest BCUT2D eigenvalue weighted by molar-refractivity contribution is 5.96. The number of aromatic nitrogens is 4. The normalized spacial score (nSPS) is 16.8. The third kappa shape index (κ3) is 6.93. The van der Waals surface area contributed by atoms with E-state index in [-0.39, 0.29) is 37.4 Å². The molecule has 2 aromatic heterocycles. The first-order valence-electron chi connectivity index (χ1n) is 13.5. The van der Waals surface area contributed by atoms with Gasteiger partial charge >= 0.3 is 0 Å². The summed E-state index contributed by atoms with van der Waals surface area (Å²) in [5, 5.41) is 10.5. The highest BCUT2D eigenvalue weighted by Gasteiger charge is 2.23. The minimum atomic E-state index is -0.494. The minimum absolute atomic E-state index is 0.162. The van der Waals surface area contributed by atoms with E-state index in [0.29, 0.717) is 48.0 Å². The number of hydrogen-bond donors (Lipinski definition) is 2. The number of rotatable bonds is 2. The van der Waals surface area contributed by atoms with E-state index in [1.54, 1.807) is 41.1 Å². The molecule has 210 valence electrons. The molecular formula is C30H31N7O4. The standard InChI is InChI=1S/C30H31N7O4/c1-21-28-34-27(22-7-3-2-4-8-22)35-37(28)17-18-41-25-10-5-9-24(19-25)29(39)32-13-6-16-36(20-26(38)33-21)30(40)23-11-14-31-15-12-23/h2-5,7-12,14-15,19,21H,6,13,16-18,20H2,1H3,(H,32,39)(H,33,38)/t21-/m0/s1. The lowest BCUT2D eigenvalue weighted by Gasteiger charge is -2.24. The van der Waals surface area contributed by atoms with Gasteiger partial charge in [-0.2, -0.15) is 5.10 Å². The number of benzene rings is 2. The van der Waals surface area contributed by atoms with E-state index in [4.69, 9.17) is 14.8 Å². The molecule has 3 amide bonds. The minimum Gasteiger partial charge on any atom is -0.492 e. The van der Waals surface area contributed by atoms with Crippen molar-refractivity contribution in [2.24, 2.45) is 0 Å². The summed E-state index contributed by atoms with van der Waals surface area (Å²) in [5.74, 6) is 0.755. The second-order valence-corrected chi connectivity index (χ2v) is 9.62. The maximum atomic E-state index is 13.3. The van der Waals surface area contributed by atoms with Crippen LogP contribution in [0, 0.1) is 0 Å². The van der Waals surface area contributed by atoms with Crippen LogP contribution in [0.15, 0.2) is 79.1 Å². The molecule has 0 radical (unpaired) electrons. The summed E-state index contributed by atoms with van der Waals surface area (Å²) in [5.41, 5.74) is 1.74. The molecule has 1 atom stereocenters. The van der Waals surface area contributed by atoms with Gasteiger partial charge in [0.2, 0.25) is 5.91 Å². The Labute approximate surface area is 237 Å². The van der Waals surface area contributed by atoms with Crippen LogP contribution < -0.4 is 15.4 Å². The molecular weight excluding hydrogens is 522 g/mol. The lowest BCUT2D eigenvalue weighted by atomic mass is 10.2. The number of ether oxygens (including phenoxy) is 1. The van der Waals surface area contributed by atoms with Crippen LogP contribution in [0.2, 0.25) is 0 Å². The highest BCUT2D eigenvalue weighted by atomic mass is 16.5. The average Bonchev–Trinajstić information content (AvgIpc) is 3.43. The summed E-state index contributed by atoms with van der Waals surface area (Å²) in [6, 6.07) is 19.3. The molecule has 3 heterocycles. The molecule has 4 aromatic rings. The molecule has 0 fully saturated rings. The van der Waals surface area contributed by atoms with Crippen molar-refractivity contribution in [1.29, 1.82) is 0 Å². The monoisotopic (exact) mass is 553 g/mol. The van der Waals surface area contributed by atoms with Gasteiger partial charge in [0, 0.05) is 42.2 Å². The van der Waals surface area contributed by atoms with E-state index in [0.717, 1.165) is 5.56 Å². The molecule has 0 unspecified atom stereocenters. The lowest BCUT2D eigenvalue weighted by molar-refractivity contribution is -0.122. The second kappa shape index (κ2) is 12.9. The molecule has 11 heteroatoms. The fraction of sp³-hybridized carbons (Fsp3) is 0.267. The van der Waals surface area contributed by atoms with Crippen molar-refractivity contribution < 1.29 is 19.1 Å². The first-order chi connectivity index (χ1) is 20.0. The summed E-state index contributed by atoms with van der Waals surface area (Å²) in [7, 11) is 0. The van der Waals surface area contributed by atoms with Crippen LogP contribution >= 0.6 is 0 Å². The van der Waals surface area contributed by atoms with Crippen LogP contribution in [0.3, 0.4) is 0 Å². The van der Waals surface area contributed by atoms with Crippen molar-refractivity contribution in [3.05, 3.63) is 96.1 Å². The van der Waals surface area contributed by atoms with Crippen molar-refractivity contribution in [2.75, 3.05) is 26.2 Å². The van der Waals surface area contributed by atoms with Crippen LogP contribution in [-0.4, -0.2) is 68.6 Å². The Morgan fingerprint density at radius 3 is 2.56 bits per heavy atom. The van der Waals surface area contributed by atoms with E-state index in [1.807, 2.05) is 37.3 Å². The number of nitrogens with zero attached hydrogens (tertiary/aromatic N) is 5. The first-order valence-corrected chi connectivity index (χ1v) is 13.5. The number of fused-ring (bicyclic) bond motifs is 3. The maximum absolute atomic E-state index is 13.3. The lowest BCUT2D eigenvalue weighted by Crippen LogP contribution is -2.43. The third-order valence-corrected chi connectivity index (χ3v) is 6.60. The van der Waals surface area contributed by atoms with E-state index in [2.05, 4.69) is 15.6 Å². The van der Waals surface area contributed by atoms with E-state index < -0.39 is 6.04 Å². The van der Waals surface area contributed by atoms with E-state index in [9.17, 15) is 14.4 Å². The molecule has 2 N–H and O–H groups in total. The molecule has 41 heavy (non-hydrogen) atoms. The molecule has 0 spiro atoms. The number of amides is 3. The molecule has 0 aliphatic carbocycles. The Balaban J connectivity index is 1.43. The average molecular weight is 554 g/mol. The SMILES string of the molecule is C[C@@H]1NC(=O)CN(C(=O)c2ccncc2)CCCNC(=O)c2cccc(c2)OCCn2nc(-c3ccccc3)nc21.